The fraction of sp³-hybridized carbons (Fsp3) is 0.611. The lowest BCUT2D eigenvalue weighted by atomic mass is 10.0. The zero-order valence-electron chi connectivity index (χ0n) is 15.1. The smallest absolute Gasteiger partial charge is 0.239 e. The molecule has 25 heavy (non-hydrogen) atoms. The molecule has 2 unspecified atom stereocenters. The second kappa shape index (κ2) is 12.5. The van der Waals surface area contributed by atoms with Crippen LogP contribution in [-0.2, 0) is 16.0 Å². The van der Waals surface area contributed by atoms with Crippen molar-refractivity contribution in [2.45, 2.75) is 31.8 Å². The zero-order valence-corrected chi connectivity index (χ0v) is 16.7. The Hall–Kier alpha value is -0.850. The molecular formula is C18H31Cl2N3O2. The van der Waals surface area contributed by atoms with E-state index >= 15 is 0 Å². The number of ether oxygens (including phenoxy) is 1. The molecule has 1 aromatic rings. The molecule has 7 heteroatoms. The van der Waals surface area contributed by atoms with Gasteiger partial charge in [-0.25, -0.2) is 0 Å². The van der Waals surface area contributed by atoms with Gasteiger partial charge in [-0.1, -0.05) is 37.3 Å². The average molecular weight is 392 g/mol. The molecule has 0 saturated carbocycles. The van der Waals surface area contributed by atoms with Crippen LogP contribution in [0.4, 0.5) is 0 Å². The maximum absolute atomic E-state index is 12.6. The molecule has 5 nitrogen and oxygen atoms in total. The molecular weight excluding hydrogens is 361 g/mol. The first kappa shape index (κ1) is 24.1. The number of benzene rings is 1. The molecule has 0 aliphatic carbocycles. The quantitative estimate of drug-likeness (QED) is 0.771. The molecule has 2 N–H and O–H groups in total. The summed E-state index contributed by atoms with van der Waals surface area (Å²) in [6.45, 7) is 6.24. The van der Waals surface area contributed by atoms with E-state index in [1.54, 1.807) is 7.11 Å². The molecule has 1 fully saturated rings. The van der Waals surface area contributed by atoms with Gasteiger partial charge < -0.3 is 15.4 Å². The van der Waals surface area contributed by atoms with Crippen molar-refractivity contribution in [1.29, 1.82) is 0 Å². The molecule has 0 spiro atoms. The Kier molecular flexibility index (Phi) is 12.1. The first-order chi connectivity index (χ1) is 11.2. The Bertz CT molecular complexity index is 490. The van der Waals surface area contributed by atoms with Crippen LogP contribution in [0.15, 0.2) is 30.3 Å². The Morgan fingerprint density at radius 2 is 1.96 bits per heavy atom. The molecule has 1 aliphatic heterocycles. The van der Waals surface area contributed by atoms with E-state index in [9.17, 15) is 4.79 Å². The predicted octanol–water partition coefficient (Wildman–Crippen LogP) is 1.97. The van der Waals surface area contributed by atoms with E-state index in [0.29, 0.717) is 12.5 Å². The maximum atomic E-state index is 12.6. The van der Waals surface area contributed by atoms with Crippen LogP contribution in [-0.4, -0.2) is 67.7 Å². The fourth-order valence-electron chi connectivity index (χ4n) is 3.17. The third-order valence-corrected chi connectivity index (χ3v) is 4.59. The molecule has 1 saturated heterocycles. The molecule has 0 bridgehead atoms. The lowest BCUT2D eigenvalue weighted by Crippen LogP contribution is -2.58. The van der Waals surface area contributed by atoms with E-state index < -0.39 is 6.04 Å². The summed E-state index contributed by atoms with van der Waals surface area (Å²) in [6, 6.07) is 9.91. The number of hydrogen-bond acceptors (Lipinski definition) is 4. The van der Waals surface area contributed by atoms with Crippen LogP contribution >= 0.6 is 24.8 Å². The van der Waals surface area contributed by atoms with Gasteiger partial charge in [-0.2, -0.15) is 0 Å². The number of rotatable bonds is 7. The van der Waals surface area contributed by atoms with Gasteiger partial charge in [0.15, 0.2) is 0 Å². The van der Waals surface area contributed by atoms with Gasteiger partial charge >= 0.3 is 0 Å². The molecule has 1 amide bonds. The number of nitrogens with zero attached hydrogens (tertiary/aromatic N) is 2. The highest BCUT2D eigenvalue weighted by atomic mass is 35.5. The van der Waals surface area contributed by atoms with Gasteiger partial charge in [-0.05, 0) is 18.4 Å². The molecule has 1 aliphatic rings. The van der Waals surface area contributed by atoms with Gasteiger partial charge in [0, 0.05) is 39.3 Å². The summed E-state index contributed by atoms with van der Waals surface area (Å²) < 4.78 is 5.17. The number of nitrogens with two attached hydrogens (primary N) is 1. The van der Waals surface area contributed by atoms with E-state index in [4.69, 9.17) is 10.5 Å². The van der Waals surface area contributed by atoms with Crippen molar-refractivity contribution >= 4 is 30.7 Å². The van der Waals surface area contributed by atoms with Crippen molar-refractivity contribution in [2.24, 2.45) is 5.73 Å². The van der Waals surface area contributed by atoms with E-state index in [2.05, 4.69) is 11.8 Å². The van der Waals surface area contributed by atoms with Gasteiger partial charge in [-0.15, -0.1) is 24.8 Å². The predicted molar refractivity (Wildman–Crippen MR) is 107 cm³/mol. The molecule has 0 radical (unpaired) electrons. The second-order valence-electron chi connectivity index (χ2n) is 6.17. The fourth-order valence-corrected chi connectivity index (χ4v) is 3.17. The number of carbonyl (C=O) groups is 1. The lowest BCUT2D eigenvalue weighted by molar-refractivity contribution is -0.135. The maximum Gasteiger partial charge on any atom is 0.239 e. The van der Waals surface area contributed by atoms with Crippen LogP contribution in [0.2, 0.25) is 0 Å². The van der Waals surface area contributed by atoms with Crippen LogP contribution in [0.3, 0.4) is 0 Å². The van der Waals surface area contributed by atoms with Crippen molar-refractivity contribution in [2.75, 3.05) is 39.9 Å². The van der Waals surface area contributed by atoms with Gasteiger partial charge in [-0.3, -0.25) is 9.69 Å². The van der Waals surface area contributed by atoms with Crippen LogP contribution in [0.1, 0.15) is 18.9 Å². The van der Waals surface area contributed by atoms with Crippen LogP contribution in [0, 0.1) is 0 Å². The van der Waals surface area contributed by atoms with E-state index in [0.717, 1.165) is 44.8 Å². The van der Waals surface area contributed by atoms with Crippen molar-refractivity contribution in [3.05, 3.63) is 35.9 Å². The lowest BCUT2D eigenvalue weighted by Gasteiger charge is -2.41. The Balaban J connectivity index is 0.00000288. The van der Waals surface area contributed by atoms with Crippen molar-refractivity contribution in [1.82, 2.24) is 9.80 Å². The van der Waals surface area contributed by atoms with Crippen LogP contribution in [0.5, 0.6) is 0 Å². The molecule has 1 aromatic carbocycles. The SMILES string of the molecule is CCC1CN(C(=O)C(N)Cc2ccccc2)CCN1CCOC.Cl.Cl. The Morgan fingerprint density at radius 1 is 1.28 bits per heavy atom. The Morgan fingerprint density at radius 3 is 2.56 bits per heavy atom. The molecule has 2 atom stereocenters. The molecule has 2 rings (SSSR count). The number of methoxy groups -OCH3 is 1. The van der Waals surface area contributed by atoms with E-state index in [1.165, 1.54) is 0 Å². The Labute approximate surface area is 163 Å². The third-order valence-electron chi connectivity index (χ3n) is 4.59. The van der Waals surface area contributed by atoms with Crippen molar-refractivity contribution in [3.63, 3.8) is 0 Å². The zero-order chi connectivity index (χ0) is 16.7. The number of piperazine rings is 1. The molecule has 1 heterocycles. The van der Waals surface area contributed by atoms with Crippen LogP contribution in [0.25, 0.3) is 0 Å². The number of halogens is 2. The monoisotopic (exact) mass is 391 g/mol. The summed E-state index contributed by atoms with van der Waals surface area (Å²) in [5.41, 5.74) is 7.27. The largest absolute Gasteiger partial charge is 0.383 e. The van der Waals surface area contributed by atoms with Gasteiger partial charge in [0.2, 0.25) is 5.91 Å². The van der Waals surface area contributed by atoms with Crippen molar-refractivity contribution < 1.29 is 9.53 Å². The van der Waals surface area contributed by atoms with E-state index in [-0.39, 0.29) is 30.7 Å². The normalized spacial score (nSPS) is 18.8. The minimum atomic E-state index is -0.458. The summed E-state index contributed by atoms with van der Waals surface area (Å²) in [6.07, 6.45) is 1.63. The van der Waals surface area contributed by atoms with Crippen molar-refractivity contribution in [3.8, 4) is 0 Å². The highest BCUT2D eigenvalue weighted by molar-refractivity contribution is 5.85. The van der Waals surface area contributed by atoms with Gasteiger partial charge in [0.05, 0.1) is 12.6 Å². The summed E-state index contributed by atoms with van der Waals surface area (Å²) in [5.74, 6) is 0.0682. The van der Waals surface area contributed by atoms with Gasteiger partial charge in [0.25, 0.3) is 0 Å². The standard InChI is InChI=1S/C18H29N3O2.2ClH/c1-3-16-14-21(10-9-20(16)11-12-23-2)18(22)17(19)13-15-7-5-4-6-8-15;;/h4-8,16-17H,3,9-14,19H2,1-2H3;2*1H. The topological polar surface area (TPSA) is 58.8 Å². The average Bonchev–Trinajstić information content (AvgIpc) is 2.60. The summed E-state index contributed by atoms with van der Waals surface area (Å²) in [5, 5.41) is 0. The van der Waals surface area contributed by atoms with Gasteiger partial charge in [0.1, 0.15) is 0 Å². The number of amides is 1. The highest BCUT2D eigenvalue weighted by Crippen LogP contribution is 2.14. The first-order valence-electron chi connectivity index (χ1n) is 8.47. The van der Waals surface area contributed by atoms with Crippen LogP contribution < -0.4 is 5.73 Å². The third kappa shape index (κ3) is 7.12. The minimum Gasteiger partial charge on any atom is -0.383 e. The summed E-state index contributed by atoms with van der Waals surface area (Å²) in [4.78, 5) is 17.0. The molecule has 0 aromatic heterocycles. The summed E-state index contributed by atoms with van der Waals surface area (Å²) in [7, 11) is 1.73. The summed E-state index contributed by atoms with van der Waals surface area (Å²) >= 11 is 0. The number of carbonyl (C=O) groups excluding carboxylic acids is 1. The first-order valence-corrected chi connectivity index (χ1v) is 8.47. The molecule has 144 valence electrons. The number of hydrogen-bond donors (Lipinski definition) is 1. The van der Waals surface area contributed by atoms with E-state index in [1.807, 2.05) is 35.2 Å². The minimum absolute atomic E-state index is 0. The second-order valence-corrected chi connectivity index (χ2v) is 6.17. The highest BCUT2D eigenvalue weighted by Gasteiger charge is 2.30.